The molecule has 1 aromatic heterocycles. The van der Waals surface area contributed by atoms with Gasteiger partial charge in [-0.3, -0.25) is 0 Å². The predicted octanol–water partition coefficient (Wildman–Crippen LogP) is 2.38. The Balaban J connectivity index is 2.62. The highest BCUT2D eigenvalue weighted by Gasteiger charge is 2.16. The molecule has 0 saturated carbocycles. The van der Waals surface area contributed by atoms with E-state index in [1.807, 2.05) is 27.7 Å². The van der Waals surface area contributed by atoms with Crippen LogP contribution in [-0.2, 0) is 4.74 Å². The molecule has 0 amide bonds. The van der Waals surface area contributed by atoms with E-state index in [4.69, 9.17) is 15.2 Å². The Labute approximate surface area is 109 Å². The molecule has 0 bridgehead atoms. The molecule has 0 aliphatic rings. The molecule has 0 saturated heterocycles. The fraction of sp³-hybridized carbons (Fsp3) is 0.692. The second-order valence-electron chi connectivity index (χ2n) is 5.21. The normalized spacial score (nSPS) is 11.9. The molecule has 0 atom stereocenters. The van der Waals surface area contributed by atoms with E-state index in [0.29, 0.717) is 24.1 Å². The van der Waals surface area contributed by atoms with Gasteiger partial charge in [0.05, 0.1) is 12.2 Å². The van der Waals surface area contributed by atoms with Crippen molar-refractivity contribution in [2.75, 3.05) is 19.5 Å². The Morgan fingerprint density at radius 2 is 2.00 bits per heavy atom. The fourth-order valence-corrected chi connectivity index (χ4v) is 1.30. The maximum Gasteiger partial charge on any atom is 0.218 e. The number of hydrogen-bond acceptors (Lipinski definition) is 5. The number of aromatic nitrogens is 2. The van der Waals surface area contributed by atoms with E-state index in [9.17, 15) is 0 Å². The van der Waals surface area contributed by atoms with Crippen LogP contribution in [0.15, 0.2) is 6.07 Å². The minimum absolute atomic E-state index is 0.195. The number of hydrogen-bond donors (Lipinski definition) is 1. The number of nitrogens with zero attached hydrogens (tertiary/aromatic N) is 2. The van der Waals surface area contributed by atoms with E-state index in [2.05, 4.69) is 9.97 Å². The van der Waals surface area contributed by atoms with Gasteiger partial charge in [-0.15, -0.1) is 0 Å². The van der Waals surface area contributed by atoms with Crippen molar-refractivity contribution in [3.8, 4) is 5.88 Å². The van der Waals surface area contributed by atoms with Crippen LogP contribution in [0.25, 0.3) is 0 Å². The van der Waals surface area contributed by atoms with Crippen molar-refractivity contribution in [1.29, 1.82) is 0 Å². The van der Waals surface area contributed by atoms with Gasteiger partial charge in [0, 0.05) is 25.5 Å². The molecule has 1 rings (SSSR count). The van der Waals surface area contributed by atoms with Gasteiger partial charge in [-0.2, -0.15) is 4.98 Å². The lowest BCUT2D eigenvalue weighted by atomic mass is 10.1. The zero-order valence-corrected chi connectivity index (χ0v) is 11.9. The van der Waals surface area contributed by atoms with Crippen molar-refractivity contribution >= 4 is 5.82 Å². The first-order chi connectivity index (χ1) is 8.34. The molecule has 5 nitrogen and oxygen atoms in total. The highest BCUT2D eigenvalue weighted by atomic mass is 16.5. The van der Waals surface area contributed by atoms with Crippen LogP contribution in [0.4, 0.5) is 5.82 Å². The number of ether oxygens (including phenoxy) is 2. The Morgan fingerprint density at radius 1 is 1.33 bits per heavy atom. The summed E-state index contributed by atoms with van der Waals surface area (Å²) in [5.41, 5.74) is 5.53. The van der Waals surface area contributed by atoms with E-state index in [0.717, 1.165) is 6.42 Å². The van der Waals surface area contributed by atoms with Gasteiger partial charge in [0.2, 0.25) is 5.88 Å². The lowest BCUT2D eigenvalue weighted by molar-refractivity contribution is 0.00506. The van der Waals surface area contributed by atoms with E-state index in [-0.39, 0.29) is 11.5 Å². The zero-order chi connectivity index (χ0) is 13.8. The van der Waals surface area contributed by atoms with E-state index < -0.39 is 0 Å². The van der Waals surface area contributed by atoms with Crippen LogP contribution in [0.3, 0.4) is 0 Å². The highest BCUT2D eigenvalue weighted by molar-refractivity contribution is 5.33. The van der Waals surface area contributed by atoms with Crippen molar-refractivity contribution in [3.63, 3.8) is 0 Å². The third kappa shape index (κ3) is 4.49. The molecule has 2 N–H and O–H groups in total. The lowest BCUT2D eigenvalue weighted by Gasteiger charge is -2.22. The zero-order valence-electron chi connectivity index (χ0n) is 11.9. The molecular formula is C13H23N3O2. The maximum absolute atomic E-state index is 5.73. The van der Waals surface area contributed by atoms with E-state index in [1.54, 1.807) is 13.2 Å². The minimum atomic E-state index is -0.195. The number of anilines is 1. The van der Waals surface area contributed by atoms with Gasteiger partial charge < -0.3 is 15.2 Å². The van der Waals surface area contributed by atoms with Crippen LogP contribution < -0.4 is 10.5 Å². The molecule has 18 heavy (non-hydrogen) atoms. The number of nitrogen functional groups attached to an aromatic ring is 1. The number of methoxy groups -OCH3 is 1. The van der Waals surface area contributed by atoms with Crippen molar-refractivity contribution in [2.24, 2.45) is 0 Å². The smallest absolute Gasteiger partial charge is 0.218 e. The average molecular weight is 253 g/mol. The highest BCUT2D eigenvalue weighted by Crippen LogP contribution is 2.18. The summed E-state index contributed by atoms with van der Waals surface area (Å²) in [5, 5.41) is 0. The molecule has 1 heterocycles. The summed E-state index contributed by atoms with van der Waals surface area (Å²) in [6.45, 7) is 8.61. The summed E-state index contributed by atoms with van der Waals surface area (Å²) in [5.74, 6) is 1.90. The molecule has 0 unspecified atom stereocenters. The predicted molar refractivity (Wildman–Crippen MR) is 71.7 cm³/mol. The van der Waals surface area contributed by atoms with Crippen LogP contribution >= 0.6 is 0 Å². The van der Waals surface area contributed by atoms with Crippen LogP contribution in [0.1, 0.15) is 45.9 Å². The van der Waals surface area contributed by atoms with Gasteiger partial charge >= 0.3 is 0 Å². The molecule has 1 aromatic rings. The summed E-state index contributed by atoms with van der Waals surface area (Å²) < 4.78 is 10.9. The number of rotatable bonds is 6. The third-order valence-electron chi connectivity index (χ3n) is 2.76. The van der Waals surface area contributed by atoms with Crippen molar-refractivity contribution in [1.82, 2.24) is 9.97 Å². The Morgan fingerprint density at radius 3 is 2.56 bits per heavy atom. The molecule has 0 aliphatic heterocycles. The van der Waals surface area contributed by atoms with E-state index in [1.165, 1.54) is 0 Å². The first kappa shape index (κ1) is 14.7. The molecular weight excluding hydrogens is 230 g/mol. The molecule has 0 radical (unpaired) electrons. The Hall–Kier alpha value is -1.36. The van der Waals surface area contributed by atoms with E-state index >= 15 is 0 Å². The standard InChI is InChI=1S/C13H23N3O2/c1-9(2)12-15-10(14)8-11(16-12)18-7-6-13(3,4)17-5/h8-9H,6-7H2,1-5H3,(H2,14,15,16). The molecule has 0 aromatic carbocycles. The average Bonchev–Trinajstić information content (AvgIpc) is 2.28. The summed E-state index contributed by atoms with van der Waals surface area (Å²) in [4.78, 5) is 8.49. The topological polar surface area (TPSA) is 70.3 Å². The van der Waals surface area contributed by atoms with Gasteiger partial charge in [-0.05, 0) is 13.8 Å². The maximum atomic E-state index is 5.73. The van der Waals surface area contributed by atoms with Gasteiger partial charge in [-0.1, -0.05) is 13.8 Å². The van der Waals surface area contributed by atoms with Gasteiger partial charge in [0.15, 0.2) is 0 Å². The van der Waals surface area contributed by atoms with Crippen LogP contribution in [-0.4, -0.2) is 29.3 Å². The third-order valence-corrected chi connectivity index (χ3v) is 2.76. The van der Waals surface area contributed by atoms with Gasteiger partial charge in [0.25, 0.3) is 0 Å². The second-order valence-corrected chi connectivity index (χ2v) is 5.21. The first-order valence-corrected chi connectivity index (χ1v) is 6.16. The van der Waals surface area contributed by atoms with Crippen LogP contribution in [0.5, 0.6) is 5.88 Å². The molecule has 0 aliphatic carbocycles. The summed E-state index contributed by atoms with van der Waals surface area (Å²) >= 11 is 0. The molecule has 102 valence electrons. The minimum Gasteiger partial charge on any atom is -0.477 e. The van der Waals surface area contributed by atoms with Crippen LogP contribution in [0, 0.1) is 0 Å². The Bertz CT molecular complexity index is 392. The molecule has 0 spiro atoms. The fourth-order valence-electron chi connectivity index (χ4n) is 1.30. The quantitative estimate of drug-likeness (QED) is 0.842. The SMILES string of the molecule is COC(C)(C)CCOc1cc(N)nc(C(C)C)n1. The van der Waals surface area contributed by atoms with Gasteiger partial charge in [0.1, 0.15) is 11.6 Å². The van der Waals surface area contributed by atoms with Crippen molar-refractivity contribution in [3.05, 3.63) is 11.9 Å². The lowest BCUT2D eigenvalue weighted by Crippen LogP contribution is -2.25. The van der Waals surface area contributed by atoms with Crippen molar-refractivity contribution in [2.45, 2.75) is 45.6 Å². The van der Waals surface area contributed by atoms with Gasteiger partial charge in [-0.25, -0.2) is 4.98 Å². The summed E-state index contributed by atoms with van der Waals surface area (Å²) in [6.07, 6.45) is 0.782. The largest absolute Gasteiger partial charge is 0.477 e. The monoisotopic (exact) mass is 253 g/mol. The number of nitrogens with two attached hydrogens (primary N) is 1. The Kier molecular flexibility index (Phi) is 4.90. The summed E-state index contributed by atoms with van der Waals surface area (Å²) in [7, 11) is 1.69. The first-order valence-electron chi connectivity index (χ1n) is 6.16. The second kappa shape index (κ2) is 6.00. The van der Waals surface area contributed by atoms with Crippen LogP contribution in [0.2, 0.25) is 0 Å². The summed E-state index contributed by atoms with van der Waals surface area (Å²) in [6, 6.07) is 1.64. The molecule has 5 heteroatoms. The molecule has 0 fully saturated rings. The van der Waals surface area contributed by atoms with Crippen molar-refractivity contribution < 1.29 is 9.47 Å².